The molecule has 3 N–H and O–H groups in total. The van der Waals surface area contributed by atoms with E-state index in [0.717, 1.165) is 4.31 Å². The molecule has 0 aliphatic carbocycles. The van der Waals surface area contributed by atoms with Crippen LogP contribution in [0.25, 0.3) is 0 Å². The number of primary amides is 1. The normalized spacial score (nSPS) is 9.82. The molecule has 17 heavy (non-hydrogen) atoms. The maximum atomic E-state index is 13.0. The molecule has 1 aromatic rings. The van der Waals surface area contributed by atoms with Crippen LogP contribution in [0.2, 0.25) is 0 Å². The first kappa shape index (κ1) is 13.3. The number of benzene rings is 1. The third-order valence-electron chi connectivity index (χ3n) is 1.98. The summed E-state index contributed by atoms with van der Waals surface area (Å²) in [5.41, 5.74) is 5.92. The van der Waals surface area contributed by atoms with Gasteiger partial charge in [-0.05, 0) is 24.6 Å². The molecular weight excluding hydrogens is 245 g/mol. The number of hydrogen-bond donors (Lipinski definition) is 3. The molecule has 0 heterocycles. The van der Waals surface area contributed by atoms with Crippen LogP contribution in [-0.4, -0.2) is 22.8 Å². The molecule has 0 aliphatic heterocycles. The Balaban J connectivity index is 2.73. The van der Waals surface area contributed by atoms with Gasteiger partial charge in [-0.25, -0.2) is 9.18 Å². The fourth-order valence-electron chi connectivity index (χ4n) is 1.13. The number of thiol groups is 1. The molecule has 0 radical (unpaired) electrons. The highest BCUT2D eigenvalue weighted by atomic mass is 32.1. The smallest absolute Gasteiger partial charge is 0.332 e. The third kappa shape index (κ3) is 3.95. The van der Waals surface area contributed by atoms with Crippen molar-refractivity contribution < 1.29 is 14.0 Å². The number of halogens is 1. The molecule has 1 rings (SSSR count). The average molecular weight is 257 g/mol. The van der Waals surface area contributed by atoms with Gasteiger partial charge in [-0.2, -0.15) is 0 Å². The van der Waals surface area contributed by atoms with Crippen LogP contribution in [0.1, 0.15) is 5.56 Å². The van der Waals surface area contributed by atoms with Crippen LogP contribution in [0.3, 0.4) is 0 Å². The monoisotopic (exact) mass is 257 g/mol. The maximum Gasteiger partial charge on any atom is 0.332 e. The summed E-state index contributed by atoms with van der Waals surface area (Å²) in [6.07, 6.45) is 0. The van der Waals surface area contributed by atoms with E-state index in [4.69, 9.17) is 5.73 Å². The van der Waals surface area contributed by atoms with Crippen LogP contribution in [-0.2, 0) is 4.79 Å². The summed E-state index contributed by atoms with van der Waals surface area (Å²) in [5.74, 6) is -1.15. The van der Waals surface area contributed by atoms with E-state index in [1.165, 1.54) is 18.2 Å². The number of urea groups is 1. The summed E-state index contributed by atoms with van der Waals surface area (Å²) in [6.45, 7) is 1.38. The van der Waals surface area contributed by atoms with Gasteiger partial charge in [-0.1, -0.05) is 18.9 Å². The minimum Gasteiger partial charge on any atom is -0.368 e. The van der Waals surface area contributed by atoms with Gasteiger partial charge in [0.1, 0.15) is 12.4 Å². The summed E-state index contributed by atoms with van der Waals surface area (Å²) in [6, 6.07) is 3.34. The van der Waals surface area contributed by atoms with Gasteiger partial charge in [-0.3, -0.25) is 9.10 Å². The number of amides is 3. The van der Waals surface area contributed by atoms with Crippen molar-refractivity contribution in [2.75, 3.05) is 11.9 Å². The van der Waals surface area contributed by atoms with Crippen molar-refractivity contribution in [3.05, 3.63) is 29.6 Å². The van der Waals surface area contributed by atoms with Crippen molar-refractivity contribution >= 4 is 30.4 Å². The predicted octanol–water partition coefficient (Wildman–Crippen LogP) is 1.30. The van der Waals surface area contributed by atoms with Gasteiger partial charge in [0.25, 0.3) is 0 Å². The van der Waals surface area contributed by atoms with Crippen LogP contribution < -0.4 is 11.1 Å². The number of nitrogens with zero attached hydrogens (tertiary/aromatic N) is 1. The molecule has 1 aromatic carbocycles. The van der Waals surface area contributed by atoms with Crippen LogP contribution in [0, 0.1) is 12.7 Å². The maximum absolute atomic E-state index is 13.0. The summed E-state index contributed by atoms with van der Waals surface area (Å²) >= 11 is 3.78. The zero-order valence-electron chi connectivity index (χ0n) is 9.11. The Morgan fingerprint density at radius 1 is 1.53 bits per heavy atom. The number of nitrogens with one attached hydrogen (secondary N) is 1. The van der Waals surface area contributed by atoms with E-state index in [-0.39, 0.29) is 6.54 Å². The molecule has 0 spiro atoms. The quantitative estimate of drug-likeness (QED) is 0.714. The third-order valence-corrected chi connectivity index (χ3v) is 2.30. The Hall–Kier alpha value is -1.76. The summed E-state index contributed by atoms with van der Waals surface area (Å²) < 4.78 is 13.8. The molecule has 0 aromatic heterocycles. The minimum atomic E-state index is -0.689. The summed E-state index contributed by atoms with van der Waals surface area (Å²) in [7, 11) is 0. The van der Waals surface area contributed by atoms with Crippen LogP contribution in [0.4, 0.5) is 14.9 Å². The number of carbonyl (C=O) groups is 2. The van der Waals surface area contributed by atoms with E-state index in [1.54, 1.807) is 6.92 Å². The molecule has 0 aliphatic rings. The lowest BCUT2D eigenvalue weighted by atomic mass is 10.2. The highest BCUT2D eigenvalue weighted by Gasteiger charge is 2.13. The summed E-state index contributed by atoms with van der Waals surface area (Å²) in [4.78, 5) is 22.1. The van der Waals surface area contributed by atoms with Gasteiger partial charge in [0.2, 0.25) is 5.91 Å². The van der Waals surface area contributed by atoms with E-state index >= 15 is 0 Å². The zero-order chi connectivity index (χ0) is 13.0. The number of rotatable bonds is 3. The molecule has 7 heteroatoms. The Morgan fingerprint density at radius 3 is 2.76 bits per heavy atom. The Morgan fingerprint density at radius 2 is 2.18 bits per heavy atom. The van der Waals surface area contributed by atoms with Gasteiger partial charge < -0.3 is 11.1 Å². The number of hydrogen-bond acceptors (Lipinski definition) is 3. The minimum absolute atomic E-state index is 0.318. The van der Waals surface area contributed by atoms with E-state index in [1.807, 2.05) is 0 Å². The largest absolute Gasteiger partial charge is 0.368 e. The van der Waals surface area contributed by atoms with E-state index in [2.05, 4.69) is 18.1 Å². The predicted molar refractivity (Wildman–Crippen MR) is 65.0 cm³/mol. The van der Waals surface area contributed by atoms with Crippen molar-refractivity contribution in [2.45, 2.75) is 6.92 Å². The molecule has 5 nitrogen and oxygen atoms in total. The molecule has 0 fully saturated rings. The van der Waals surface area contributed by atoms with Gasteiger partial charge in [0.05, 0.1) is 0 Å². The highest BCUT2D eigenvalue weighted by Crippen LogP contribution is 2.16. The SMILES string of the molecule is Cc1ccc(F)cc1NC(=O)N(S)CC(N)=O. The molecule has 0 saturated heterocycles. The molecule has 3 amide bonds. The fourth-order valence-corrected chi connectivity index (χ4v) is 1.32. The lowest BCUT2D eigenvalue weighted by molar-refractivity contribution is -0.117. The fraction of sp³-hybridized carbons (Fsp3) is 0.200. The number of aryl methyl sites for hydroxylation is 1. The number of nitrogens with two attached hydrogens (primary N) is 1. The number of anilines is 1. The van der Waals surface area contributed by atoms with E-state index in [0.29, 0.717) is 11.3 Å². The second-order valence-electron chi connectivity index (χ2n) is 3.41. The lowest BCUT2D eigenvalue weighted by Crippen LogP contribution is -2.34. The average Bonchev–Trinajstić information content (AvgIpc) is 2.22. The van der Waals surface area contributed by atoms with Crippen molar-refractivity contribution in [2.24, 2.45) is 5.73 Å². The van der Waals surface area contributed by atoms with Gasteiger partial charge in [0.15, 0.2) is 0 Å². The van der Waals surface area contributed by atoms with Crippen molar-refractivity contribution in [1.82, 2.24) is 4.31 Å². The van der Waals surface area contributed by atoms with Gasteiger partial charge in [0, 0.05) is 5.69 Å². The molecule has 0 atom stereocenters. The molecule has 0 saturated carbocycles. The summed E-state index contributed by atoms with van der Waals surface area (Å²) in [5, 5.41) is 2.42. The van der Waals surface area contributed by atoms with E-state index < -0.39 is 17.8 Å². The van der Waals surface area contributed by atoms with Crippen LogP contribution in [0.15, 0.2) is 18.2 Å². The molecule has 0 unspecified atom stereocenters. The molecule has 0 bridgehead atoms. The van der Waals surface area contributed by atoms with Crippen molar-refractivity contribution in [1.29, 1.82) is 0 Å². The van der Waals surface area contributed by atoms with Crippen molar-refractivity contribution in [3.8, 4) is 0 Å². The van der Waals surface area contributed by atoms with Gasteiger partial charge >= 0.3 is 6.03 Å². The Kier molecular flexibility index (Phi) is 4.33. The second kappa shape index (κ2) is 5.53. The standard InChI is InChI=1S/C10H12FN3O2S/c1-6-2-3-7(11)4-8(6)13-10(16)14(17)5-9(12)15/h2-4,17H,5H2,1H3,(H2,12,15)(H,13,16). The first-order chi connectivity index (χ1) is 7.90. The Bertz CT molecular complexity index is 453. The first-order valence-corrected chi connectivity index (χ1v) is 5.12. The van der Waals surface area contributed by atoms with Crippen LogP contribution in [0.5, 0.6) is 0 Å². The number of carbonyl (C=O) groups excluding carboxylic acids is 2. The first-order valence-electron chi connectivity index (χ1n) is 4.72. The Labute approximate surface area is 103 Å². The molecule has 92 valence electrons. The zero-order valence-corrected chi connectivity index (χ0v) is 10.00. The van der Waals surface area contributed by atoms with Gasteiger partial charge in [-0.15, -0.1) is 0 Å². The second-order valence-corrected chi connectivity index (χ2v) is 3.90. The van der Waals surface area contributed by atoms with Crippen LogP contribution >= 0.6 is 12.8 Å². The highest BCUT2D eigenvalue weighted by molar-refractivity contribution is 7.78. The van der Waals surface area contributed by atoms with Crippen molar-refractivity contribution in [3.63, 3.8) is 0 Å². The molecular formula is C10H12FN3O2S. The topological polar surface area (TPSA) is 75.4 Å². The van der Waals surface area contributed by atoms with E-state index in [9.17, 15) is 14.0 Å². The lowest BCUT2D eigenvalue weighted by Gasteiger charge is -2.15.